The van der Waals surface area contributed by atoms with Crippen LogP contribution in [-0.4, -0.2) is 16.1 Å². The summed E-state index contributed by atoms with van der Waals surface area (Å²) in [6.45, 7) is 0. The van der Waals surface area contributed by atoms with Crippen LogP contribution in [-0.2, 0) is 11.2 Å². The maximum atomic E-state index is 11.4. The largest absolute Gasteiger partial charge is 0.481 e. The summed E-state index contributed by atoms with van der Waals surface area (Å²) in [5.74, 6) is -1.41. The Kier molecular flexibility index (Phi) is 4.10. The van der Waals surface area contributed by atoms with Gasteiger partial charge in [0, 0.05) is 22.8 Å². The minimum absolute atomic E-state index is 0.395. The fourth-order valence-corrected chi connectivity index (χ4v) is 2.22. The monoisotopic (exact) mass is 305 g/mol. The van der Waals surface area contributed by atoms with E-state index in [2.05, 4.69) is 20.9 Å². The average molecular weight is 306 g/mol. The molecule has 92 valence electrons. The third-order valence-corrected chi connectivity index (χ3v) is 3.18. The summed E-state index contributed by atoms with van der Waals surface area (Å²) in [6, 6.07) is 12.9. The highest BCUT2D eigenvalue weighted by atomic mass is 79.9. The smallest absolute Gasteiger partial charge is 0.311 e. The summed E-state index contributed by atoms with van der Waals surface area (Å²) in [5, 5.41) is 9.34. The maximum Gasteiger partial charge on any atom is 0.311 e. The van der Waals surface area contributed by atoms with E-state index in [9.17, 15) is 9.90 Å². The predicted octanol–water partition coefficient (Wildman–Crippen LogP) is 3.26. The molecule has 0 fully saturated rings. The Morgan fingerprint density at radius 1 is 1.28 bits per heavy atom. The van der Waals surface area contributed by atoms with Gasteiger partial charge in [-0.15, -0.1) is 0 Å². The zero-order valence-electron chi connectivity index (χ0n) is 9.58. The van der Waals surface area contributed by atoms with E-state index in [-0.39, 0.29) is 0 Å². The molecule has 2 rings (SSSR count). The summed E-state index contributed by atoms with van der Waals surface area (Å²) in [6.07, 6.45) is 2.07. The normalized spacial score (nSPS) is 12.1. The van der Waals surface area contributed by atoms with Gasteiger partial charge in [-0.25, -0.2) is 0 Å². The van der Waals surface area contributed by atoms with Crippen LogP contribution in [0.25, 0.3) is 0 Å². The number of pyridine rings is 1. The van der Waals surface area contributed by atoms with E-state index in [0.29, 0.717) is 6.42 Å². The van der Waals surface area contributed by atoms with E-state index in [1.807, 2.05) is 42.5 Å². The molecule has 1 unspecified atom stereocenters. The molecular weight excluding hydrogens is 294 g/mol. The Labute approximate surface area is 114 Å². The molecule has 3 nitrogen and oxygen atoms in total. The van der Waals surface area contributed by atoms with E-state index in [1.54, 1.807) is 6.20 Å². The van der Waals surface area contributed by atoms with E-state index in [1.165, 1.54) is 0 Å². The second-order valence-electron chi connectivity index (χ2n) is 3.97. The summed E-state index contributed by atoms with van der Waals surface area (Å²) < 4.78 is 0.882. The first-order chi connectivity index (χ1) is 8.66. The predicted molar refractivity (Wildman–Crippen MR) is 72.5 cm³/mol. The third kappa shape index (κ3) is 3.17. The molecule has 1 heterocycles. The summed E-state index contributed by atoms with van der Waals surface area (Å²) in [4.78, 5) is 15.5. The lowest BCUT2D eigenvalue weighted by Crippen LogP contribution is -2.15. The zero-order chi connectivity index (χ0) is 13.0. The molecule has 0 radical (unpaired) electrons. The van der Waals surface area contributed by atoms with Crippen LogP contribution in [0.1, 0.15) is 17.2 Å². The topological polar surface area (TPSA) is 50.2 Å². The van der Waals surface area contributed by atoms with Crippen LogP contribution in [0.2, 0.25) is 0 Å². The quantitative estimate of drug-likeness (QED) is 0.943. The Morgan fingerprint density at radius 2 is 2.11 bits per heavy atom. The molecule has 1 N–H and O–H groups in total. The van der Waals surface area contributed by atoms with E-state index < -0.39 is 11.9 Å². The average Bonchev–Trinajstić information content (AvgIpc) is 2.37. The number of rotatable bonds is 4. The molecule has 0 aliphatic rings. The van der Waals surface area contributed by atoms with Gasteiger partial charge in [0.05, 0.1) is 5.92 Å². The van der Waals surface area contributed by atoms with Gasteiger partial charge in [0.1, 0.15) is 0 Å². The van der Waals surface area contributed by atoms with Crippen LogP contribution < -0.4 is 0 Å². The van der Waals surface area contributed by atoms with Gasteiger partial charge in [-0.3, -0.25) is 9.78 Å². The molecular formula is C14H12BrNO2. The van der Waals surface area contributed by atoms with Crippen molar-refractivity contribution in [2.24, 2.45) is 0 Å². The first kappa shape index (κ1) is 12.8. The number of aliphatic carboxylic acids is 1. The molecule has 0 aliphatic carbocycles. The van der Waals surface area contributed by atoms with Crippen molar-refractivity contribution in [3.63, 3.8) is 0 Å². The summed E-state index contributed by atoms with van der Waals surface area (Å²) in [5.41, 5.74) is 1.56. The SMILES string of the molecule is O=C(O)C(Cc1ccccn1)c1cccc(Br)c1. The van der Waals surface area contributed by atoms with Crippen molar-refractivity contribution in [2.45, 2.75) is 12.3 Å². The van der Waals surface area contributed by atoms with Gasteiger partial charge in [0.25, 0.3) is 0 Å². The molecule has 0 saturated carbocycles. The number of benzene rings is 1. The molecule has 4 heteroatoms. The molecule has 0 amide bonds. The van der Waals surface area contributed by atoms with Crippen LogP contribution in [0.15, 0.2) is 53.1 Å². The van der Waals surface area contributed by atoms with Gasteiger partial charge >= 0.3 is 5.97 Å². The minimum atomic E-state index is -0.834. The Morgan fingerprint density at radius 3 is 2.72 bits per heavy atom. The van der Waals surface area contributed by atoms with E-state index in [0.717, 1.165) is 15.7 Å². The minimum Gasteiger partial charge on any atom is -0.481 e. The van der Waals surface area contributed by atoms with Crippen molar-refractivity contribution in [1.82, 2.24) is 4.98 Å². The van der Waals surface area contributed by atoms with Crippen molar-refractivity contribution in [2.75, 3.05) is 0 Å². The third-order valence-electron chi connectivity index (χ3n) is 2.69. The van der Waals surface area contributed by atoms with Crippen molar-refractivity contribution in [3.8, 4) is 0 Å². The molecule has 2 aromatic rings. The van der Waals surface area contributed by atoms with Crippen LogP contribution in [0.4, 0.5) is 0 Å². The Bertz CT molecular complexity index is 543. The van der Waals surface area contributed by atoms with Crippen molar-refractivity contribution < 1.29 is 9.90 Å². The van der Waals surface area contributed by atoms with Gasteiger partial charge in [-0.2, -0.15) is 0 Å². The van der Waals surface area contributed by atoms with E-state index >= 15 is 0 Å². The lowest BCUT2D eigenvalue weighted by molar-refractivity contribution is -0.138. The highest BCUT2D eigenvalue weighted by Gasteiger charge is 2.20. The number of carboxylic acid groups (broad SMARTS) is 1. The second-order valence-corrected chi connectivity index (χ2v) is 4.89. The lowest BCUT2D eigenvalue weighted by atomic mass is 9.94. The number of aromatic nitrogens is 1. The van der Waals surface area contributed by atoms with Crippen LogP contribution in [0, 0.1) is 0 Å². The van der Waals surface area contributed by atoms with Gasteiger partial charge in [0.2, 0.25) is 0 Å². The fourth-order valence-electron chi connectivity index (χ4n) is 1.80. The number of halogens is 1. The zero-order valence-corrected chi connectivity index (χ0v) is 11.2. The molecule has 0 saturated heterocycles. The van der Waals surface area contributed by atoms with Gasteiger partial charge < -0.3 is 5.11 Å². The number of hydrogen-bond acceptors (Lipinski definition) is 2. The molecule has 0 bridgehead atoms. The fraction of sp³-hybridized carbons (Fsp3) is 0.143. The first-order valence-electron chi connectivity index (χ1n) is 5.55. The van der Waals surface area contributed by atoms with Crippen LogP contribution in [0.5, 0.6) is 0 Å². The number of hydrogen-bond donors (Lipinski definition) is 1. The van der Waals surface area contributed by atoms with Gasteiger partial charge in [0.15, 0.2) is 0 Å². The molecule has 1 atom stereocenters. The highest BCUT2D eigenvalue weighted by molar-refractivity contribution is 9.10. The Hall–Kier alpha value is -1.68. The summed E-state index contributed by atoms with van der Waals surface area (Å²) in [7, 11) is 0. The molecule has 1 aromatic carbocycles. The second kappa shape index (κ2) is 5.78. The maximum absolute atomic E-state index is 11.4. The van der Waals surface area contributed by atoms with Crippen molar-refractivity contribution in [1.29, 1.82) is 0 Å². The number of carboxylic acids is 1. The standard InChI is InChI=1S/C14H12BrNO2/c15-11-5-3-4-10(8-11)13(14(17)18)9-12-6-1-2-7-16-12/h1-8,13H,9H2,(H,17,18). The first-order valence-corrected chi connectivity index (χ1v) is 6.34. The molecule has 0 aliphatic heterocycles. The molecule has 18 heavy (non-hydrogen) atoms. The van der Waals surface area contributed by atoms with Crippen LogP contribution in [0.3, 0.4) is 0 Å². The van der Waals surface area contributed by atoms with Gasteiger partial charge in [-0.05, 0) is 29.8 Å². The number of carbonyl (C=O) groups is 1. The Balaban J connectivity index is 2.27. The van der Waals surface area contributed by atoms with Crippen molar-refractivity contribution in [3.05, 3.63) is 64.4 Å². The lowest BCUT2D eigenvalue weighted by Gasteiger charge is -2.12. The van der Waals surface area contributed by atoms with Crippen LogP contribution >= 0.6 is 15.9 Å². The molecule has 0 spiro atoms. The highest BCUT2D eigenvalue weighted by Crippen LogP contribution is 2.23. The summed E-state index contributed by atoms with van der Waals surface area (Å²) >= 11 is 3.36. The van der Waals surface area contributed by atoms with E-state index in [4.69, 9.17) is 0 Å². The van der Waals surface area contributed by atoms with Crippen molar-refractivity contribution >= 4 is 21.9 Å². The number of nitrogens with zero attached hydrogens (tertiary/aromatic N) is 1. The van der Waals surface area contributed by atoms with Gasteiger partial charge in [-0.1, -0.05) is 34.1 Å². The molecule has 1 aromatic heterocycles.